The van der Waals surface area contributed by atoms with Gasteiger partial charge in [0.05, 0.1) is 10.4 Å². The maximum atomic E-state index is 12.2. The lowest BCUT2D eigenvalue weighted by Crippen LogP contribution is -2.46. The summed E-state index contributed by atoms with van der Waals surface area (Å²) in [7, 11) is 0. The topological polar surface area (TPSA) is 32.3 Å². The van der Waals surface area contributed by atoms with Crippen LogP contribution in [0.4, 0.5) is 0 Å². The molecule has 0 saturated carbocycles. The van der Waals surface area contributed by atoms with E-state index in [9.17, 15) is 4.79 Å². The van der Waals surface area contributed by atoms with Crippen molar-refractivity contribution >= 4 is 28.8 Å². The van der Waals surface area contributed by atoms with Crippen molar-refractivity contribution in [2.75, 3.05) is 13.1 Å². The molecule has 1 unspecified atom stereocenters. The summed E-state index contributed by atoms with van der Waals surface area (Å²) >= 11 is 7.43. The molecule has 0 aromatic carbocycles. The molecule has 1 fully saturated rings. The van der Waals surface area contributed by atoms with Crippen molar-refractivity contribution < 1.29 is 4.79 Å². The number of hydrogen-bond acceptors (Lipinski definition) is 3. The molecule has 3 nitrogen and oxygen atoms in total. The molecule has 1 aliphatic rings. The third-order valence-electron chi connectivity index (χ3n) is 3.25. The molecular weight excluding hydrogens is 268 g/mol. The summed E-state index contributed by atoms with van der Waals surface area (Å²) < 4.78 is 0.793. The molecule has 0 spiro atoms. The van der Waals surface area contributed by atoms with Crippen LogP contribution >= 0.6 is 22.9 Å². The second kappa shape index (κ2) is 6.55. The number of rotatable bonds is 4. The van der Waals surface area contributed by atoms with Gasteiger partial charge >= 0.3 is 0 Å². The number of amides is 1. The molecule has 0 aliphatic carbocycles. The Hall–Kier alpha value is -0.580. The maximum Gasteiger partial charge on any atom is 0.239 e. The fourth-order valence-corrected chi connectivity index (χ4v) is 3.21. The molecule has 1 aliphatic heterocycles. The normalized spacial score (nSPS) is 17.8. The summed E-state index contributed by atoms with van der Waals surface area (Å²) in [5, 5.41) is 3.27. The molecule has 1 N–H and O–H groups in total. The van der Waals surface area contributed by atoms with E-state index in [0.29, 0.717) is 6.54 Å². The van der Waals surface area contributed by atoms with Crippen molar-refractivity contribution in [1.29, 1.82) is 0 Å². The second-order valence-electron chi connectivity index (χ2n) is 4.69. The fourth-order valence-electron chi connectivity index (χ4n) is 2.18. The molecule has 1 amide bonds. The first kappa shape index (κ1) is 13.8. The number of carbonyl (C=O) groups is 1. The lowest BCUT2D eigenvalue weighted by atomic mass is 10.1. The summed E-state index contributed by atoms with van der Waals surface area (Å²) in [6.07, 6.45) is 3.53. The number of carbonyl (C=O) groups excluding carboxylic acids is 1. The molecule has 0 bridgehead atoms. The molecule has 1 aromatic rings. The van der Waals surface area contributed by atoms with Gasteiger partial charge in [0.2, 0.25) is 5.91 Å². The van der Waals surface area contributed by atoms with Crippen LogP contribution in [0, 0.1) is 0 Å². The summed E-state index contributed by atoms with van der Waals surface area (Å²) in [5.74, 6) is 0.220. The van der Waals surface area contributed by atoms with Crippen molar-refractivity contribution in [3.05, 3.63) is 21.3 Å². The average Bonchev–Trinajstić information content (AvgIpc) is 2.82. The minimum atomic E-state index is -0.121. The molecule has 1 saturated heterocycles. The standard InChI is InChI=1S/C13H19ClN2OS/c1-10(13(17)16-7-3-2-4-8-16)15-9-11-5-6-12(14)18-11/h5-6,10,15H,2-4,7-9H2,1H3. The van der Waals surface area contributed by atoms with Crippen LogP contribution in [0.2, 0.25) is 4.34 Å². The van der Waals surface area contributed by atoms with Gasteiger partial charge in [0.1, 0.15) is 0 Å². The highest BCUT2D eigenvalue weighted by Crippen LogP contribution is 2.21. The molecule has 1 aromatic heterocycles. The number of hydrogen-bond donors (Lipinski definition) is 1. The predicted octanol–water partition coefficient (Wildman–Crippen LogP) is 2.89. The van der Waals surface area contributed by atoms with Gasteiger partial charge in [-0.2, -0.15) is 0 Å². The van der Waals surface area contributed by atoms with E-state index in [-0.39, 0.29) is 11.9 Å². The van der Waals surface area contributed by atoms with Gasteiger partial charge in [-0.15, -0.1) is 11.3 Å². The van der Waals surface area contributed by atoms with Crippen LogP contribution in [-0.2, 0) is 11.3 Å². The van der Waals surface area contributed by atoms with Crippen LogP contribution in [0.3, 0.4) is 0 Å². The zero-order valence-electron chi connectivity index (χ0n) is 10.6. The lowest BCUT2D eigenvalue weighted by Gasteiger charge is -2.29. The van der Waals surface area contributed by atoms with E-state index in [4.69, 9.17) is 11.6 Å². The molecule has 0 radical (unpaired) electrons. The van der Waals surface area contributed by atoms with Gasteiger partial charge in [0, 0.05) is 24.5 Å². The van der Waals surface area contributed by atoms with E-state index >= 15 is 0 Å². The van der Waals surface area contributed by atoms with Crippen molar-refractivity contribution in [2.45, 2.75) is 38.8 Å². The molecule has 18 heavy (non-hydrogen) atoms. The Labute approximate surface area is 117 Å². The molecular formula is C13H19ClN2OS. The summed E-state index contributed by atoms with van der Waals surface area (Å²) in [4.78, 5) is 15.3. The van der Waals surface area contributed by atoms with Gasteiger partial charge in [-0.25, -0.2) is 0 Å². The smallest absolute Gasteiger partial charge is 0.239 e. The summed E-state index contributed by atoms with van der Waals surface area (Å²) in [5.41, 5.74) is 0. The second-order valence-corrected chi connectivity index (χ2v) is 6.49. The van der Waals surface area contributed by atoms with Crippen LogP contribution in [0.1, 0.15) is 31.1 Å². The Morgan fingerprint density at radius 2 is 2.17 bits per heavy atom. The first-order valence-electron chi connectivity index (χ1n) is 6.43. The van der Waals surface area contributed by atoms with Crippen LogP contribution in [-0.4, -0.2) is 29.9 Å². The maximum absolute atomic E-state index is 12.2. The van der Waals surface area contributed by atoms with Gasteiger partial charge in [0.15, 0.2) is 0 Å². The Bertz CT molecular complexity index is 401. The van der Waals surface area contributed by atoms with Gasteiger partial charge in [-0.1, -0.05) is 11.6 Å². The molecule has 1 atom stereocenters. The van der Waals surface area contributed by atoms with Crippen molar-refractivity contribution in [3.8, 4) is 0 Å². The zero-order valence-corrected chi connectivity index (χ0v) is 12.2. The molecule has 100 valence electrons. The number of likely N-dealkylation sites (tertiary alicyclic amines) is 1. The highest BCUT2D eigenvalue weighted by atomic mass is 35.5. The molecule has 2 rings (SSSR count). The minimum Gasteiger partial charge on any atom is -0.341 e. The Balaban J connectivity index is 1.79. The summed E-state index contributed by atoms with van der Waals surface area (Å²) in [6, 6.07) is 3.77. The van der Waals surface area contributed by atoms with Crippen LogP contribution in [0.5, 0.6) is 0 Å². The number of thiophene rings is 1. The van der Waals surface area contributed by atoms with Gasteiger partial charge < -0.3 is 10.2 Å². The average molecular weight is 287 g/mol. The number of nitrogens with zero attached hydrogens (tertiary/aromatic N) is 1. The summed E-state index contributed by atoms with van der Waals surface area (Å²) in [6.45, 7) is 4.47. The first-order valence-corrected chi connectivity index (χ1v) is 7.62. The lowest BCUT2D eigenvalue weighted by molar-refractivity contribution is -0.133. The quantitative estimate of drug-likeness (QED) is 0.923. The van der Waals surface area contributed by atoms with E-state index in [1.54, 1.807) is 11.3 Å². The van der Waals surface area contributed by atoms with E-state index in [2.05, 4.69) is 5.32 Å². The highest BCUT2D eigenvalue weighted by molar-refractivity contribution is 7.16. The van der Waals surface area contributed by atoms with Crippen LogP contribution in [0.15, 0.2) is 12.1 Å². The SMILES string of the molecule is CC(NCc1ccc(Cl)s1)C(=O)N1CCCCC1. The first-order chi connectivity index (χ1) is 8.66. The minimum absolute atomic E-state index is 0.121. The van der Waals surface area contributed by atoms with Gasteiger partial charge in [0.25, 0.3) is 0 Å². The van der Waals surface area contributed by atoms with Crippen molar-refractivity contribution in [1.82, 2.24) is 10.2 Å². The third-order valence-corrected chi connectivity index (χ3v) is 4.48. The number of halogens is 1. The van der Waals surface area contributed by atoms with E-state index in [0.717, 1.165) is 30.3 Å². The van der Waals surface area contributed by atoms with Gasteiger partial charge in [-0.3, -0.25) is 4.79 Å². The van der Waals surface area contributed by atoms with Gasteiger partial charge in [-0.05, 0) is 38.3 Å². The van der Waals surface area contributed by atoms with Crippen LogP contribution in [0.25, 0.3) is 0 Å². The predicted molar refractivity (Wildman–Crippen MR) is 76.1 cm³/mol. The third kappa shape index (κ3) is 3.70. The van der Waals surface area contributed by atoms with Crippen LogP contribution < -0.4 is 5.32 Å². The number of piperidine rings is 1. The van der Waals surface area contributed by atoms with E-state index in [1.807, 2.05) is 24.0 Å². The van der Waals surface area contributed by atoms with E-state index in [1.165, 1.54) is 11.3 Å². The van der Waals surface area contributed by atoms with E-state index < -0.39 is 0 Å². The molecule has 2 heterocycles. The monoisotopic (exact) mass is 286 g/mol. The highest BCUT2D eigenvalue weighted by Gasteiger charge is 2.21. The number of nitrogens with one attached hydrogen (secondary N) is 1. The van der Waals surface area contributed by atoms with Crippen molar-refractivity contribution in [2.24, 2.45) is 0 Å². The zero-order chi connectivity index (χ0) is 13.0. The largest absolute Gasteiger partial charge is 0.341 e. The fraction of sp³-hybridized carbons (Fsp3) is 0.615. The van der Waals surface area contributed by atoms with Crippen molar-refractivity contribution in [3.63, 3.8) is 0 Å². The Morgan fingerprint density at radius 3 is 2.78 bits per heavy atom. The molecule has 5 heteroatoms. The Morgan fingerprint density at radius 1 is 1.44 bits per heavy atom. The Kier molecular flexibility index (Phi) is 5.03.